The Morgan fingerprint density at radius 2 is 2.10 bits per heavy atom. The number of aromatic carboxylic acids is 1. The monoisotopic (exact) mass is 301 g/mol. The van der Waals surface area contributed by atoms with E-state index >= 15 is 0 Å². The Bertz CT molecular complexity index is 825. The third-order valence-corrected chi connectivity index (χ3v) is 3.91. The number of fused-ring (bicyclic) bond motifs is 1. The molecule has 0 spiro atoms. The van der Waals surface area contributed by atoms with Crippen molar-refractivity contribution < 1.29 is 14.3 Å². The number of aromatic nitrogens is 3. The normalized spacial score (nSPS) is 11.0. The predicted octanol–water partition coefficient (Wildman–Crippen LogP) is 3.08. The van der Waals surface area contributed by atoms with Crippen LogP contribution in [0.4, 0.5) is 0 Å². The summed E-state index contributed by atoms with van der Waals surface area (Å²) in [6.07, 6.45) is 1.40. The largest absolute Gasteiger partial charge is 0.478 e. The van der Waals surface area contributed by atoms with Crippen molar-refractivity contribution in [3.05, 3.63) is 41.5 Å². The summed E-state index contributed by atoms with van der Waals surface area (Å²) in [5.41, 5.74) is 1.61. The third kappa shape index (κ3) is 2.59. The molecule has 21 heavy (non-hydrogen) atoms. The van der Waals surface area contributed by atoms with Gasteiger partial charge in [-0.2, -0.15) is 0 Å². The lowest BCUT2D eigenvalue weighted by atomic mass is 10.1. The van der Waals surface area contributed by atoms with Crippen LogP contribution in [0.3, 0.4) is 0 Å². The van der Waals surface area contributed by atoms with Crippen LogP contribution in [0.25, 0.3) is 10.9 Å². The Hall–Kier alpha value is -2.41. The van der Waals surface area contributed by atoms with Crippen molar-refractivity contribution >= 4 is 28.6 Å². The van der Waals surface area contributed by atoms with Crippen LogP contribution < -0.4 is 0 Å². The van der Waals surface area contributed by atoms with E-state index < -0.39 is 5.97 Å². The number of carboxylic acids is 1. The van der Waals surface area contributed by atoms with Gasteiger partial charge in [-0.1, -0.05) is 0 Å². The first-order valence-electron chi connectivity index (χ1n) is 6.14. The number of rotatable bonds is 3. The van der Waals surface area contributed by atoms with Gasteiger partial charge in [0.15, 0.2) is 0 Å². The van der Waals surface area contributed by atoms with E-state index in [-0.39, 0.29) is 5.56 Å². The second-order valence-corrected chi connectivity index (χ2v) is 5.38. The van der Waals surface area contributed by atoms with Crippen molar-refractivity contribution in [3.8, 4) is 0 Å². The van der Waals surface area contributed by atoms with Gasteiger partial charge in [0, 0.05) is 5.39 Å². The lowest BCUT2D eigenvalue weighted by Crippen LogP contribution is -1.96. The van der Waals surface area contributed by atoms with Crippen LogP contribution in [0.1, 0.15) is 21.8 Å². The number of carboxylic acid groups (broad SMARTS) is 1. The van der Waals surface area contributed by atoms with Gasteiger partial charge >= 0.3 is 5.97 Å². The molecule has 3 rings (SSSR count). The summed E-state index contributed by atoms with van der Waals surface area (Å²) >= 11 is 1.29. The smallest absolute Gasteiger partial charge is 0.335 e. The zero-order valence-corrected chi connectivity index (χ0v) is 12.1. The minimum Gasteiger partial charge on any atom is -0.478 e. The van der Waals surface area contributed by atoms with Crippen molar-refractivity contribution in [1.29, 1.82) is 0 Å². The molecule has 0 fully saturated rings. The fourth-order valence-corrected chi connectivity index (χ4v) is 2.71. The number of hydrogen-bond donors (Lipinski definition) is 1. The van der Waals surface area contributed by atoms with Gasteiger partial charge in [-0.25, -0.2) is 19.7 Å². The van der Waals surface area contributed by atoms with Crippen molar-refractivity contribution in [2.75, 3.05) is 0 Å². The Balaban J connectivity index is 2.04. The van der Waals surface area contributed by atoms with E-state index in [0.29, 0.717) is 15.8 Å². The number of hydrogen-bond acceptors (Lipinski definition) is 6. The Morgan fingerprint density at radius 3 is 2.76 bits per heavy atom. The van der Waals surface area contributed by atoms with Crippen molar-refractivity contribution in [1.82, 2.24) is 15.0 Å². The molecule has 106 valence electrons. The summed E-state index contributed by atoms with van der Waals surface area (Å²) in [7, 11) is 0. The number of benzene rings is 1. The quantitative estimate of drug-likeness (QED) is 0.743. The molecule has 0 atom stereocenters. The number of oxazole rings is 1. The minimum atomic E-state index is -0.983. The highest BCUT2D eigenvalue weighted by Crippen LogP contribution is 2.31. The average Bonchev–Trinajstić information content (AvgIpc) is 2.77. The molecule has 0 bridgehead atoms. The molecule has 0 saturated heterocycles. The molecule has 0 amide bonds. The van der Waals surface area contributed by atoms with Crippen LogP contribution in [0.2, 0.25) is 0 Å². The molecule has 2 heterocycles. The first-order chi connectivity index (χ1) is 10.0. The Labute approximate surface area is 124 Å². The van der Waals surface area contributed by atoms with Gasteiger partial charge in [-0.15, -0.1) is 0 Å². The van der Waals surface area contributed by atoms with E-state index in [4.69, 9.17) is 9.52 Å². The van der Waals surface area contributed by atoms with Gasteiger partial charge in [0.25, 0.3) is 5.22 Å². The van der Waals surface area contributed by atoms with E-state index in [0.717, 1.165) is 16.8 Å². The fourth-order valence-electron chi connectivity index (χ4n) is 1.82. The average molecular weight is 301 g/mol. The molecular weight excluding hydrogens is 290 g/mol. The fraction of sp³-hybridized carbons (Fsp3) is 0.143. The van der Waals surface area contributed by atoms with E-state index in [2.05, 4.69) is 15.0 Å². The molecular formula is C14H11N3O3S. The maximum absolute atomic E-state index is 11.0. The highest BCUT2D eigenvalue weighted by Gasteiger charge is 2.13. The zero-order chi connectivity index (χ0) is 15.0. The molecule has 6 nitrogen and oxygen atoms in total. The standard InChI is InChI=1S/C14H11N3O3S/c1-7-8(2)20-14(17-7)21-12-10-4-3-9(13(18)19)5-11(10)15-6-16-12/h3-6H,1-2H3,(H,18,19). The van der Waals surface area contributed by atoms with Crippen molar-refractivity contribution in [2.24, 2.45) is 0 Å². The molecule has 0 aliphatic carbocycles. The molecule has 1 N–H and O–H groups in total. The van der Waals surface area contributed by atoms with Gasteiger partial charge in [-0.3, -0.25) is 0 Å². The van der Waals surface area contributed by atoms with Crippen LogP contribution in [-0.4, -0.2) is 26.0 Å². The molecule has 0 aliphatic rings. The topological polar surface area (TPSA) is 89.1 Å². The third-order valence-electron chi connectivity index (χ3n) is 3.04. The van der Waals surface area contributed by atoms with Gasteiger partial charge in [0.2, 0.25) is 0 Å². The number of carbonyl (C=O) groups is 1. The summed E-state index contributed by atoms with van der Waals surface area (Å²) < 4.78 is 5.53. The lowest BCUT2D eigenvalue weighted by Gasteiger charge is -2.03. The van der Waals surface area contributed by atoms with Crippen LogP contribution in [0.15, 0.2) is 39.2 Å². The summed E-state index contributed by atoms with van der Waals surface area (Å²) in [6, 6.07) is 4.75. The van der Waals surface area contributed by atoms with E-state index in [1.165, 1.54) is 30.2 Å². The van der Waals surface area contributed by atoms with Crippen molar-refractivity contribution in [2.45, 2.75) is 24.1 Å². The number of aryl methyl sites for hydroxylation is 2. The molecule has 2 aromatic heterocycles. The lowest BCUT2D eigenvalue weighted by molar-refractivity contribution is 0.0697. The Kier molecular flexibility index (Phi) is 3.34. The van der Waals surface area contributed by atoms with E-state index in [9.17, 15) is 4.79 Å². The molecule has 3 aromatic rings. The van der Waals surface area contributed by atoms with Crippen LogP contribution in [0, 0.1) is 13.8 Å². The van der Waals surface area contributed by atoms with Crippen LogP contribution in [0.5, 0.6) is 0 Å². The molecule has 1 aromatic carbocycles. The van der Waals surface area contributed by atoms with Crippen LogP contribution in [-0.2, 0) is 0 Å². The van der Waals surface area contributed by atoms with Crippen LogP contribution >= 0.6 is 11.8 Å². The predicted molar refractivity (Wildman–Crippen MR) is 76.6 cm³/mol. The van der Waals surface area contributed by atoms with Gasteiger partial charge in [-0.05, 0) is 43.8 Å². The molecule has 7 heteroatoms. The van der Waals surface area contributed by atoms with Gasteiger partial charge in [0.05, 0.1) is 16.8 Å². The minimum absolute atomic E-state index is 0.194. The van der Waals surface area contributed by atoms with E-state index in [1.807, 2.05) is 13.8 Å². The van der Waals surface area contributed by atoms with Gasteiger partial charge in [0.1, 0.15) is 17.1 Å². The maximum atomic E-state index is 11.0. The van der Waals surface area contributed by atoms with E-state index in [1.54, 1.807) is 6.07 Å². The summed E-state index contributed by atoms with van der Waals surface area (Å²) in [6.45, 7) is 3.73. The first kappa shape index (κ1) is 13.6. The highest BCUT2D eigenvalue weighted by atomic mass is 32.2. The van der Waals surface area contributed by atoms with Gasteiger partial charge < -0.3 is 9.52 Å². The summed E-state index contributed by atoms with van der Waals surface area (Å²) in [5, 5.41) is 11.0. The SMILES string of the molecule is Cc1nc(Sc2ncnc3cc(C(=O)O)ccc23)oc1C. The zero-order valence-electron chi connectivity index (χ0n) is 11.3. The molecule has 0 saturated carbocycles. The summed E-state index contributed by atoms with van der Waals surface area (Å²) in [5.74, 6) is -0.215. The molecule has 0 aliphatic heterocycles. The highest BCUT2D eigenvalue weighted by molar-refractivity contribution is 7.99. The number of nitrogens with zero attached hydrogens (tertiary/aromatic N) is 3. The second-order valence-electron chi connectivity index (χ2n) is 4.44. The second kappa shape index (κ2) is 5.17. The Morgan fingerprint density at radius 1 is 1.29 bits per heavy atom. The molecule has 0 radical (unpaired) electrons. The van der Waals surface area contributed by atoms with Crippen molar-refractivity contribution in [3.63, 3.8) is 0 Å². The first-order valence-corrected chi connectivity index (χ1v) is 6.96. The summed E-state index contributed by atoms with van der Waals surface area (Å²) in [4.78, 5) is 23.6. The molecule has 0 unspecified atom stereocenters. The maximum Gasteiger partial charge on any atom is 0.335 e.